The van der Waals surface area contributed by atoms with Gasteiger partial charge in [-0.25, -0.2) is 0 Å². The summed E-state index contributed by atoms with van der Waals surface area (Å²) in [6.07, 6.45) is -3.33. The van der Waals surface area contributed by atoms with Crippen molar-refractivity contribution in [2.75, 3.05) is 0 Å². The minimum Gasteiger partial charge on any atom is -0.391 e. The Balaban J connectivity index is 0.00000162. The van der Waals surface area contributed by atoms with Gasteiger partial charge in [0.25, 0.3) is 0 Å². The van der Waals surface area contributed by atoms with Crippen molar-refractivity contribution < 1.29 is 18.3 Å². The lowest BCUT2D eigenvalue weighted by Gasteiger charge is -2.19. The van der Waals surface area contributed by atoms with Crippen molar-refractivity contribution in [2.45, 2.75) is 31.2 Å². The van der Waals surface area contributed by atoms with E-state index < -0.39 is 23.9 Å². The number of hydrogen-bond acceptors (Lipinski definition) is 2. The van der Waals surface area contributed by atoms with E-state index in [1.54, 1.807) is 0 Å². The highest BCUT2D eigenvalue weighted by Crippen LogP contribution is 2.38. The molecular formula is C12H15ClF3NO. The van der Waals surface area contributed by atoms with Crippen LogP contribution in [0.15, 0.2) is 24.3 Å². The van der Waals surface area contributed by atoms with E-state index in [0.717, 1.165) is 25.0 Å². The van der Waals surface area contributed by atoms with Gasteiger partial charge in [-0.1, -0.05) is 12.1 Å². The van der Waals surface area contributed by atoms with E-state index in [1.807, 2.05) is 0 Å². The number of halogens is 4. The van der Waals surface area contributed by atoms with Crippen LogP contribution in [0.4, 0.5) is 13.2 Å². The zero-order chi connectivity index (χ0) is 12.6. The van der Waals surface area contributed by atoms with Gasteiger partial charge in [0.05, 0.1) is 17.7 Å². The fraction of sp³-hybridized carbons (Fsp3) is 0.500. The maximum Gasteiger partial charge on any atom is 0.416 e. The van der Waals surface area contributed by atoms with Crippen molar-refractivity contribution in [3.63, 3.8) is 0 Å². The predicted molar refractivity (Wildman–Crippen MR) is 64.4 cm³/mol. The Bertz CT molecular complexity index is 407. The Morgan fingerprint density at radius 2 is 1.89 bits per heavy atom. The summed E-state index contributed by atoms with van der Waals surface area (Å²) in [5, 5.41) is 9.80. The second kappa shape index (κ2) is 5.47. The average Bonchev–Trinajstić information content (AvgIpc) is 3.10. The second-order valence-corrected chi connectivity index (χ2v) is 4.48. The molecule has 0 amide bonds. The smallest absolute Gasteiger partial charge is 0.391 e. The highest BCUT2D eigenvalue weighted by molar-refractivity contribution is 5.85. The summed E-state index contributed by atoms with van der Waals surface area (Å²) in [6.45, 7) is 0. The van der Waals surface area contributed by atoms with Crippen molar-refractivity contribution >= 4 is 12.4 Å². The Hall–Kier alpha value is -0.780. The van der Waals surface area contributed by atoms with Crippen LogP contribution in [0.25, 0.3) is 0 Å². The SMILES string of the molecule is Cl.N[C@@H](c1cccc(C(F)(F)F)c1)[C@H](O)C1CC1. The molecular weight excluding hydrogens is 267 g/mol. The Kier molecular flexibility index (Phi) is 4.64. The van der Waals surface area contributed by atoms with E-state index in [0.29, 0.717) is 5.56 Å². The van der Waals surface area contributed by atoms with Gasteiger partial charge in [-0.05, 0) is 36.5 Å². The van der Waals surface area contributed by atoms with Crippen molar-refractivity contribution in [1.29, 1.82) is 0 Å². The molecule has 1 fully saturated rings. The fourth-order valence-corrected chi connectivity index (χ4v) is 1.85. The van der Waals surface area contributed by atoms with Crippen LogP contribution in [0.2, 0.25) is 0 Å². The van der Waals surface area contributed by atoms with E-state index in [4.69, 9.17) is 5.73 Å². The summed E-state index contributed by atoms with van der Waals surface area (Å²) in [5.41, 5.74) is 5.38. The summed E-state index contributed by atoms with van der Waals surface area (Å²) in [5.74, 6) is 0.138. The third kappa shape index (κ3) is 3.37. The number of nitrogens with two attached hydrogens (primary N) is 1. The molecule has 2 nitrogen and oxygen atoms in total. The molecule has 0 aromatic heterocycles. The van der Waals surface area contributed by atoms with Gasteiger partial charge in [0.2, 0.25) is 0 Å². The van der Waals surface area contributed by atoms with Gasteiger partial charge in [0.1, 0.15) is 0 Å². The monoisotopic (exact) mass is 281 g/mol. The molecule has 0 bridgehead atoms. The average molecular weight is 282 g/mol. The van der Waals surface area contributed by atoms with Gasteiger partial charge in [-0.15, -0.1) is 12.4 Å². The molecule has 2 rings (SSSR count). The molecule has 18 heavy (non-hydrogen) atoms. The molecule has 1 aromatic carbocycles. The van der Waals surface area contributed by atoms with Crippen molar-refractivity contribution in [3.05, 3.63) is 35.4 Å². The van der Waals surface area contributed by atoms with E-state index in [1.165, 1.54) is 12.1 Å². The molecule has 0 aliphatic heterocycles. The molecule has 3 N–H and O–H groups in total. The standard InChI is InChI=1S/C12H14F3NO.ClH/c13-12(14,15)9-3-1-2-8(6-9)10(16)11(17)7-4-5-7;/h1-3,6-7,10-11,17H,4-5,16H2;1H/t10-,11+;/m0./s1. The Morgan fingerprint density at radius 3 is 2.39 bits per heavy atom. The van der Waals surface area contributed by atoms with E-state index in [-0.39, 0.29) is 18.3 Å². The van der Waals surface area contributed by atoms with Gasteiger partial charge >= 0.3 is 6.18 Å². The van der Waals surface area contributed by atoms with Crippen LogP contribution in [0.1, 0.15) is 30.0 Å². The molecule has 0 spiro atoms. The molecule has 1 aromatic rings. The minimum absolute atomic E-state index is 0. The lowest BCUT2D eigenvalue weighted by Crippen LogP contribution is -2.28. The first kappa shape index (κ1) is 15.3. The summed E-state index contributed by atoms with van der Waals surface area (Å²) in [7, 11) is 0. The topological polar surface area (TPSA) is 46.2 Å². The Labute approximate surface area is 109 Å². The first-order chi connectivity index (χ1) is 7.89. The van der Waals surface area contributed by atoms with Crippen LogP contribution in [0.5, 0.6) is 0 Å². The molecule has 0 heterocycles. The predicted octanol–water partition coefficient (Wildman–Crippen LogP) is 2.90. The third-order valence-electron chi connectivity index (χ3n) is 3.07. The largest absolute Gasteiger partial charge is 0.416 e. The lowest BCUT2D eigenvalue weighted by molar-refractivity contribution is -0.137. The first-order valence-corrected chi connectivity index (χ1v) is 5.50. The maximum atomic E-state index is 12.5. The third-order valence-corrected chi connectivity index (χ3v) is 3.07. The molecule has 2 atom stereocenters. The molecule has 6 heteroatoms. The summed E-state index contributed by atoms with van der Waals surface area (Å²) in [4.78, 5) is 0. The second-order valence-electron chi connectivity index (χ2n) is 4.48. The number of benzene rings is 1. The highest BCUT2D eigenvalue weighted by Gasteiger charge is 2.35. The van der Waals surface area contributed by atoms with Gasteiger partial charge in [0, 0.05) is 0 Å². The van der Waals surface area contributed by atoms with Crippen LogP contribution in [0.3, 0.4) is 0 Å². The van der Waals surface area contributed by atoms with Gasteiger partial charge < -0.3 is 10.8 Å². The normalized spacial score (nSPS) is 18.9. The van der Waals surface area contributed by atoms with E-state index >= 15 is 0 Å². The number of alkyl halides is 3. The number of rotatable bonds is 3. The van der Waals surface area contributed by atoms with Crippen molar-refractivity contribution in [3.8, 4) is 0 Å². The molecule has 1 saturated carbocycles. The highest BCUT2D eigenvalue weighted by atomic mass is 35.5. The maximum absolute atomic E-state index is 12.5. The van der Waals surface area contributed by atoms with Crippen LogP contribution < -0.4 is 5.73 Å². The zero-order valence-electron chi connectivity index (χ0n) is 9.52. The van der Waals surface area contributed by atoms with E-state index in [9.17, 15) is 18.3 Å². The fourth-order valence-electron chi connectivity index (χ4n) is 1.85. The number of hydrogen-bond donors (Lipinski definition) is 2. The summed E-state index contributed by atoms with van der Waals surface area (Å²) < 4.78 is 37.5. The molecule has 0 saturated heterocycles. The Morgan fingerprint density at radius 1 is 1.28 bits per heavy atom. The van der Waals surface area contributed by atoms with Gasteiger partial charge in [0.15, 0.2) is 0 Å². The minimum atomic E-state index is -4.37. The van der Waals surface area contributed by atoms with Gasteiger partial charge in [-0.3, -0.25) is 0 Å². The van der Waals surface area contributed by atoms with Crippen LogP contribution >= 0.6 is 12.4 Å². The van der Waals surface area contributed by atoms with Crippen LogP contribution in [-0.2, 0) is 6.18 Å². The van der Waals surface area contributed by atoms with Crippen molar-refractivity contribution in [2.24, 2.45) is 11.7 Å². The van der Waals surface area contributed by atoms with Gasteiger partial charge in [-0.2, -0.15) is 13.2 Å². The summed E-state index contributed by atoms with van der Waals surface area (Å²) >= 11 is 0. The zero-order valence-corrected chi connectivity index (χ0v) is 10.3. The van der Waals surface area contributed by atoms with Crippen LogP contribution in [-0.4, -0.2) is 11.2 Å². The molecule has 0 radical (unpaired) electrons. The van der Waals surface area contributed by atoms with E-state index in [2.05, 4.69) is 0 Å². The molecule has 1 aliphatic carbocycles. The molecule has 0 unspecified atom stereocenters. The summed E-state index contributed by atoms with van der Waals surface area (Å²) in [6, 6.07) is 4.10. The molecule has 1 aliphatic rings. The quantitative estimate of drug-likeness (QED) is 0.895. The lowest BCUT2D eigenvalue weighted by atomic mass is 9.97. The molecule has 102 valence electrons. The number of aliphatic hydroxyl groups excluding tert-OH is 1. The van der Waals surface area contributed by atoms with Crippen LogP contribution in [0, 0.1) is 5.92 Å². The van der Waals surface area contributed by atoms with Crippen molar-refractivity contribution in [1.82, 2.24) is 0 Å². The number of aliphatic hydroxyl groups is 1. The first-order valence-electron chi connectivity index (χ1n) is 5.50.